The zero-order chi connectivity index (χ0) is 7.28. The summed E-state index contributed by atoms with van der Waals surface area (Å²) in [5, 5.41) is 0.681. The third kappa shape index (κ3) is 3.82. The Morgan fingerprint density at radius 2 is 2.00 bits per heavy atom. The van der Waals surface area contributed by atoms with E-state index in [0.717, 1.165) is 6.54 Å². The molecule has 0 heterocycles. The molecular weight excluding hydrogens is 130 g/mol. The molecule has 0 aliphatic carbocycles. The first-order chi connectivity index (χ1) is 4.22. The fourth-order valence-corrected chi connectivity index (χ4v) is 1.51. The highest BCUT2D eigenvalue weighted by Crippen LogP contribution is 2.11. The van der Waals surface area contributed by atoms with E-state index in [1.807, 2.05) is 11.8 Å². The van der Waals surface area contributed by atoms with Crippen molar-refractivity contribution in [3.05, 3.63) is 0 Å². The van der Waals surface area contributed by atoms with Gasteiger partial charge in [-0.2, -0.15) is 0 Å². The van der Waals surface area contributed by atoms with Crippen molar-refractivity contribution >= 4 is 11.8 Å². The summed E-state index contributed by atoms with van der Waals surface area (Å²) in [7, 11) is 2.16. The number of rotatable bonds is 4. The summed E-state index contributed by atoms with van der Waals surface area (Å²) < 4.78 is 0. The molecule has 0 amide bonds. The van der Waals surface area contributed by atoms with Gasteiger partial charge in [0.1, 0.15) is 0 Å². The predicted octanol–water partition coefficient (Wildman–Crippen LogP) is 2.04. The van der Waals surface area contributed by atoms with Crippen molar-refractivity contribution in [1.29, 1.82) is 0 Å². The van der Waals surface area contributed by atoms with Gasteiger partial charge in [-0.15, -0.1) is 11.8 Å². The maximum atomic E-state index is 2.34. The molecule has 0 aliphatic heterocycles. The maximum absolute atomic E-state index is 2.34. The van der Waals surface area contributed by atoms with Gasteiger partial charge in [0.25, 0.3) is 0 Å². The first-order valence-electron chi connectivity index (χ1n) is 3.54. The highest BCUT2D eigenvalue weighted by molar-refractivity contribution is 7.99. The van der Waals surface area contributed by atoms with Crippen molar-refractivity contribution in [2.45, 2.75) is 26.1 Å². The zero-order valence-electron chi connectivity index (χ0n) is 6.85. The fourth-order valence-electron chi connectivity index (χ4n) is 0.626. The van der Waals surface area contributed by atoms with E-state index in [1.54, 1.807) is 0 Å². The average molecular weight is 147 g/mol. The van der Waals surface area contributed by atoms with E-state index in [2.05, 4.69) is 32.7 Å². The molecule has 0 aromatic carbocycles. The van der Waals surface area contributed by atoms with Gasteiger partial charge in [0.2, 0.25) is 0 Å². The van der Waals surface area contributed by atoms with Crippen LogP contribution < -0.4 is 0 Å². The molecule has 1 atom stereocenters. The Hall–Kier alpha value is 0.310. The molecule has 0 radical (unpaired) electrons. The second-order valence-electron chi connectivity index (χ2n) is 2.13. The van der Waals surface area contributed by atoms with Crippen LogP contribution >= 0.6 is 11.8 Å². The van der Waals surface area contributed by atoms with E-state index >= 15 is 0 Å². The van der Waals surface area contributed by atoms with Crippen LogP contribution in [-0.2, 0) is 0 Å². The van der Waals surface area contributed by atoms with Gasteiger partial charge in [-0.3, -0.25) is 4.90 Å². The lowest BCUT2D eigenvalue weighted by Gasteiger charge is -2.21. The zero-order valence-corrected chi connectivity index (χ0v) is 7.66. The molecule has 0 N–H and O–H groups in total. The van der Waals surface area contributed by atoms with Crippen LogP contribution in [-0.4, -0.2) is 29.6 Å². The summed E-state index contributed by atoms with van der Waals surface area (Å²) in [6.45, 7) is 7.78. The molecule has 56 valence electrons. The van der Waals surface area contributed by atoms with Gasteiger partial charge in [0.15, 0.2) is 0 Å². The van der Waals surface area contributed by atoms with E-state index in [9.17, 15) is 0 Å². The Kier molecular flexibility index (Phi) is 5.30. The topological polar surface area (TPSA) is 3.24 Å². The van der Waals surface area contributed by atoms with Crippen LogP contribution in [0, 0.1) is 0 Å². The lowest BCUT2D eigenvalue weighted by molar-refractivity contribution is 0.346. The molecule has 0 aromatic heterocycles. The van der Waals surface area contributed by atoms with Crippen LogP contribution in [0.15, 0.2) is 0 Å². The summed E-state index contributed by atoms with van der Waals surface area (Å²) in [4.78, 5) is 2.34. The van der Waals surface area contributed by atoms with Gasteiger partial charge < -0.3 is 0 Å². The lowest BCUT2D eigenvalue weighted by atomic mass is 10.6. The molecule has 1 unspecified atom stereocenters. The predicted molar refractivity (Wildman–Crippen MR) is 45.9 cm³/mol. The summed E-state index contributed by atoms with van der Waals surface area (Å²) in [5.41, 5.74) is 0. The number of thioether (sulfide) groups is 1. The van der Waals surface area contributed by atoms with E-state index in [4.69, 9.17) is 0 Å². The van der Waals surface area contributed by atoms with E-state index < -0.39 is 0 Å². The van der Waals surface area contributed by atoms with Crippen LogP contribution in [0.1, 0.15) is 20.8 Å². The molecule has 2 heteroatoms. The van der Waals surface area contributed by atoms with Gasteiger partial charge in [-0.1, -0.05) is 13.8 Å². The summed E-state index contributed by atoms with van der Waals surface area (Å²) in [6, 6.07) is 0. The van der Waals surface area contributed by atoms with Crippen molar-refractivity contribution < 1.29 is 0 Å². The van der Waals surface area contributed by atoms with Crippen LogP contribution in [0.25, 0.3) is 0 Å². The average Bonchev–Trinajstić information content (AvgIpc) is 1.87. The molecule has 0 saturated heterocycles. The van der Waals surface area contributed by atoms with Crippen molar-refractivity contribution in [3.63, 3.8) is 0 Å². The van der Waals surface area contributed by atoms with Gasteiger partial charge in [0.05, 0.1) is 5.37 Å². The minimum atomic E-state index is 0.681. The van der Waals surface area contributed by atoms with E-state index in [0.29, 0.717) is 5.37 Å². The molecule has 0 fully saturated rings. The summed E-state index contributed by atoms with van der Waals surface area (Å²) in [6.07, 6.45) is 0. The fraction of sp³-hybridized carbons (Fsp3) is 1.00. The smallest absolute Gasteiger partial charge is 0.0525 e. The third-order valence-electron chi connectivity index (χ3n) is 1.53. The van der Waals surface area contributed by atoms with Crippen LogP contribution in [0.3, 0.4) is 0 Å². The van der Waals surface area contributed by atoms with Crippen LogP contribution in [0.4, 0.5) is 0 Å². The lowest BCUT2D eigenvalue weighted by Crippen LogP contribution is -2.25. The Balaban J connectivity index is 3.32. The number of hydrogen-bond donors (Lipinski definition) is 0. The van der Waals surface area contributed by atoms with E-state index in [-0.39, 0.29) is 0 Å². The van der Waals surface area contributed by atoms with Crippen molar-refractivity contribution in [1.82, 2.24) is 4.90 Å². The monoisotopic (exact) mass is 147 g/mol. The highest BCUT2D eigenvalue weighted by atomic mass is 32.2. The molecule has 0 spiro atoms. The Morgan fingerprint density at radius 1 is 1.44 bits per heavy atom. The Morgan fingerprint density at radius 3 is 2.33 bits per heavy atom. The number of nitrogens with zero attached hydrogens (tertiary/aromatic N) is 1. The quantitative estimate of drug-likeness (QED) is 0.560. The molecular formula is C7H17NS. The molecule has 0 aromatic rings. The third-order valence-corrected chi connectivity index (χ3v) is 2.70. The second kappa shape index (κ2) is 5.12. The first-order valence-corrected chi connectivity index (χ1v) is 4.59. The highest BCUT2D eigenvalue weighted by Gasteiger charge is 2.03. The maximum Gasteiger partial charge on any atom is 0.0525 e. The minimum Gasteiger partial charge on any atom is -0.295 e. The van der Waals surface area contributed by atoms with Crippen molar-refractivity contribution in [2.75, 3.05) is 19.3 Å². The van der Waals surface area contributed by atoms with Gasteiger partial charge >= 0.3 is 0 Å². The minimum absolute atomic E-state index is 0.681. The largest absolute Gasteiger partial charge is 0.295 e. The first kappa shape index (κ1) is 9.31. The van der Waals surface area contributed by atoms with Crippen molar-refractivity contribution in [2.24, 2.45) is 0 Å². The summed E-state index contributed by atoms with van der Waals surface area (Å²) >= 11 is 1.99. The van der Waals surface area contributed by atoms with Crippen LogP contribution in [0.5, 0.6) is 0 Å². The number of hydrogen-bond acceptors (Lipinski definition) is 2. The molecule has 0 bridgehead atoms. The molecule has 1 nitrogen and oxygen atoms in total. The molecule has 9 heavy (non-hydrogen) atoms. The Labute approximate surface area is 62.8 Å². The standard InChI is InChI=1S/C7H17NS/c1-5-8(4)7(3)9-6-2/h7H,5-6H2,1-4H3. The van der Waals surface area contributed by atoms with Gasteiger partial charge in [-0.25, -0.2) is 0 Å². The second-order valence-corrected chi connectivity index (χ2v) is 3.72. The SMILES string of the molecule is CCSC(C)N(C)CC. The van der Waals surface area contributed by atoms with E-state index in [1.165, 1.54) is 5.75 Å². The van der Waals surface area contributed by atoms with Gasteiger partial charge in [0, 0.05) is 0 Å². The van der Waals surface area contributed by atoms with Gasteiger partial charge in [-0.05, 0) is 26.3 Å². The molecule has 0 rings (SSSR count). The molecule has 0 aliphatic rings. The van der Waals surface area contributed by atoms with Crippen molar-refractivity contribution in [3.8, 4) is 0 Å². The normalized spacial score (nSPS) is 14.3. The van der Waals surface area contributed by atoms with Crippen LogP contribution in [0.2, 0.25) is 0 Å². The Bertz CT molecular complexity index is 65.9. The summed E-state index contributed by atoms with van der Waals surface area (Å²) in [5.74, 6) is 1.21. The molecule has 0 saturated carbocycles.